The van der Waals surface area contributed by atoms with Crippen LogP contribution in [0.1, 0.15) is 28.5 Å². The molecule has 2 aromatic carbocycles. The largest absolute Gasteiger partial charge is 0.495 e. The molecule has 7 heteroatoms. The van der Waals surface area contributed by atoms with Crippen molar-refractivity contribution in [3.05, 3.63) is 65.5 Å². The zero-order valence-electron chi connectivity index (χ0n) is 14.4. The van der Waals surface area contributed by atoms with E-state index in [1.54, 1.807) is 18.0 Å². The van der Waals surface area contributed by atoms with E-state index in [2.05, 4.69) is 15.6 Å². The first-order valence-electron chi connectivity index (χ1n) is 8.40. The van der Waals surface area contributed by atoms with Crippen molar-refractivity contribution in [2.24, 2.45) is 0 Å². The Kier molecular flexibility index (Phi) is 2.92. The van der Waals surface area contributed by atoms with Gasteiger partial charge in [-0.15, -0.1) is 5.10 Å². The zero-order valence-corrected chi connectivity index (χ0v) is 14.4. The Morgan fingerprint density at radius 2 is 2.04 bits per heavy atom. The van der Waals surface area contributed by atoms with Crippen molar-refractivity contribution in [2.75, 3.05) is 12.4 Å². The lowest BCUT2D eigenvalue weighted by molar-refractivity contribution is 0.0512. The molecule has 1 N–H and O–H groups in total. The second-order valence-corrected chi connectivity index (χ2v) is 6.63. The molecule has 0 bridgehead atoms. The molecule has 1 amide bonds. The van der Waals surface area contributed by atoms with Gasteiger partial charge in [0, 0.05) is 5.56 Å². The first-order valence-corrected chi connectivity index (χ1v) is 8.40. The minimum absolute atomic E-state index is 0.0513. The van der Waals surface area contributed by atoms with Gasteiger partial charge < -0.3 is 15.0 Å². The summed E-state index contributed by atoms with van der Waals surface area (Å²) < 4.78 is 7.29. The van der Waals surface area contributed by atoms with Gasteiger partial charge in [0.05, 0.1) is 42.5 Å². The smallest absolute Gasteiger partial charge is 0.258 e. The summed E-state index contributed by atoms with van der Waals surface area (Å²) in [4.78, 5) is 15.2. The molecule has 0 saturated heterocycles. The van der Waals surface area contributed by atoms with Crippen molar-refractivity contribution >= 4 is 11.6 Å². The number of aromatic nitrogens is 3. The number of rotatable bonds is 1. The van der Waals surface area contributed by atoms with Gasteiger partial charge in [-0.3, -0.25) is 4.79 Å². The third kappa shape index (κ3) is 1.79. The standard InChI is InChI=1S/C19H17N5O2/c1-19-14-7-3-4-8-15(14)24-12(10-20-22-24)11-23(19)18(25)13-6-5-9-16(26-2)17(13)21-19/h3-10,21H,11H2,1-2H3. The van der Waals surface area contributed by atoms with Crippen LogP contribution in [0.3, 0.4) is 0 Å². The van der Waals surface area contributed by atoms with Crippen molar-refractivity contribution in [1.29, 1.82) is 0 Å². The fourth-order valence-electron chi connectivity index (χ4n) is 3.91. The van der Waals surface area contributed by atoms with Crippen LogP contribution in [0.4, 0.5) is 5.69 Å². The monoisotopic (exact) mass is 347 g/mol. The van der Waals surface area contributed by atoms with Crippen LogP contribution in [0.15, 0.2) is 48.7 Å². The molecule has 0 saturated carbocycles. The molecule has 2 aliphatic rings. The van der Waals surface area contributed by atoms with Crippen LogP contribution in [-0.2, 0) is 12.2 Å². The lowest BCUT2D eigenvalue weighted by atomic mass is 9.92. The van der Waals surface area contributed by atoms with E-state index in [1.165, 1.54) is 0 Å². The van der Waals surface area contributed by atoms with Crippen LogP contribution in [0.5, 0.6) is 5.75 Å². The highest BCUT2D eigenvalue weighted by Crippen LogP contribution is 2.45. The Bertz CT molecular complexity index is 1040. The summed E-state index contributed by atoms with van der Waals surface area (Å²) in [5.41, 5.74) is 3.29. The molecule has 5 rings (SSSR count). The number of carbonyl (C=O) groups excluding carboxylic acids is 1. The van der Waals surface area contributed by atoms with E-state index in [0.29, 0.717) is 23.5 Å². The number of ether oxygens (including phenoxy) is 1. The van der Waals surface area contributed by atoms with Crippen LogP contribution in [0.25, 0.3) is 5.69 Å². The number of amides is 1. The van der Waals surface area contributed by atoms with Gasteiger partial charge in [-0.25, -0.2) is 4.68 Å². The molecule has 1 aromatic heterocycles. The summed E-state index contributed by atoms with van der Waals surface area (Å²) in [6.45, 7) is 2.42. The predicted octanol–water partition coefficient (Wildman–Crippen LogP) is 2.53. The van der Waals surface area contributed by atoms with E-state index in [1.807, 2.05) is 54.3 Å². The van der Waals surface area contributed by atoms with Crippen LogP contribution in [-0.4, -0.2) is 32.9 Å². The summed E-state index contributed by atoms with van der Waals surface area (Å²) in [6.07, 6.45) is 1.71. The number of carbonyl (C=O) groups is 1. The maximum Gasteiger partial charge on any atom is 0.258 e. The maximum absolute atomic E-state index is 13.4. The third-order valence-corrected chi connectivity index (χ3v) is 5.23. The summed E-state index contributed by atoms with van der Waals surface area (Å²) in [5, 5.41) is 11.8. The molecule has 3 heterocycles. The van der Waals surface area contributed by atoms with E-state index in [-0.39, 0.29) is 5.91 Å². The number of methoxy groups -OCH3 is 1. The highest BCUT2D eigenvalue weighted by Gasteiger charge is 2.46. The quantitative estimate of drug-likeness (QED) is 0.732. The van der Waals surface area contributed by atoms with Crippen molar-refractivity contribution in [3.63, 3.8) is 0 Å². The second kappa shape index (κ2) is 5.08. The lowest BCUT2D eigenvalue weighted by Crippen LogP contribution is -2.55. The molecule has 0 aliphatic carbocycles. The molecule has 3 aromatic rings. The molecule has 0 fully saturated rings. The molecule has 1 atom stereocenters. The van der Waals surface area contributed by atoms with Gasteiger partial charge in [-0.1, -0.05) is 29.5 Å². The number of fused-ring (bicyclic) bond motifs is 6. The average Bonchev–Trinajstić information content (AvgIpc) is 3.09. The van der Waals surface area contributed by atoms with Crippen LogP contribution >= 0.6 is 0 Å². The van der Waals surface area contributed by atoms with E-state index >= 15 is 0 Å². The number of benzene rings is 2. The second-order valence-electron chi connectivity index (χ2n) is 6.63. The lowest BCUT2D eigenvalue weighted by Gasteiger charge is -2.46. The highest BCUT2D eigenvalue weighted by molar-refractivity contribution is 6.03. The fraction of sp³-hybridized carbons (Fsp3) is 0.211. The van der Waals surface area contributed by atoms with Gasteiger partial charge in [0.1, 0.15) is 11.4 Å². The van der Waals surface area contributed by atoms with Gasteiger partial charge >= 0.3 is 0 Å². The van der Waals surface area contributed by atoms with Crippen molar-refractivity contribution in [2.45, 2.75) is 19.1 Å². The van der Waals surface area contributed by atoms with Crippen LogP contribution in [0.2, 0.25) is 0 Å². The Balaban J connectivity index is 1.80. The number of hydrogen-bond acceptors (Lipinski definition) is 5. The van der Waals surface area contributed by atoms with E-state index in [9.17, 15) is 4.79 Å². The number of anilines is 1. The van der Waals surface area contributed by atoms with Crippen LogP contribution < -0.4 is 10.1 Å². The minimum atomic E-state index is -0.740. The number of hydrogen-bond donors (Lipinski definition) is 1. The van der Waals surface area contributed by atoms with Gasteiger partial charge in [-0.05, 0) is 25.1 Å². The van der Waals surface area contributed by atoms with Crippen LogP contribution in [0, 0.1) is 0 Å². The number of para-hydroxylation sites is 2. The van der Waals surface area contributed by atoms with E-state index in [4.69, 9.17) is 4.74 Å². The molecule has 1 unspecified atom stereocenters. The molecule has 2 aliphatic heterocycles. The Morgan fingerprint density at radius 1 is 1.19 bits per heavy atom. The first kappa shape index (κ1) is 14.9. The summed E-state index contributed by atoms with van der Waals surface area (Å²) in [6, 6.07) is 13.4. The molecule has 0 spiro atoms. The van der Waals surface area contributed by atoms with Crippen molar-refractivity contribution in [3.8, 4) is 11.4 Å². The molecular weight excluding hydrogens is 330 g/mol. The predicted molar refractivity (Wildman–Crippen MR) is 95.2 cm³/mol. The van der Waals surface area contributed by atoms with Gasteiger partial charge in [0.25, 0.3) is 5.91 Å². The first-order chi connectivity index (χ1) is 12.6. The zero-order chi connectivity index (χ0) is 17.9. The molecule has 130 valence electrons. The molecule has 26 heavy (non-hydrogen) atoms. The number of nitrogens with zero attached hydrogens (tertiary/aromatic N) is 4. The fourth-order valence-corrected chi connectivity index (χ4v) is 3.91. The van der Waals surface area contributed by atoms with Crippen molar-refractivity contribution in [1.82, 2.24) is 19.9 Å². The maximum atomic E-state index is 13.4. The average molecular weight is 347 g/mol. The summed E-state index contributed by atoms with van der Waals surface area (Å²) in [5.74, 6) is 0.599. The third-order valence-electron chi connectivity index (χ3n) is 5.23. The molecular formula is C19H17N5O2. The summed E-state index contributed by atoms with van der Waals surface area (Å²) in [7, 11) is 1.61. The van der Waals surface area contributed by atoms with E-state index < -0.39 is 5.66 Å². The minimum Gasteiger partial charge on any atom is -0.495 e. The Labute approximate surface area is 150 Å². The number of nitrogens with one attached hydrogen (secondary N) is 1. The van der Waals surface area contributed by atoms with Gasteiger partial charge in [0.15, 0.2) is 0 Å². The van der Waals surface area contributed by atoms with E-state index in [0.717, 1.165) is 16.9 Å². The SMILES string of the molecule is COc1cccc2c1NC1(C)c3ccccc3-n3nncc3CN1C2=O. The Hall–Kier alpha value is -3.35. The molecule has 7 nitrogen and oxygen atoms in total. The van der Waals surface area contributed by atoms with Gasteiger partial charge in [0.2, 0.25) is 0 Å². The normalized spacial score (nSPS) is 20.2. The topological polar surface area (TPSA) is 72.3 Å². The summed E-state index contributed by atoms with van der Waals surface area (Å²) >= 11 is 0. The Morgan fingerprint density at radius 3 is 2.88 bits per heavy atom. The van der Waals surface area contributed by atoms with Gasteiger partial charge in [-0.2, -0.15) is 0 Å². The highest BCUT2D eigenvalue weighted by atomic mass is 16.5. The molecule has 0 radical (unpaired) electrons. The van der Waals surface area contributed by atoms with Crippen molar-refractivity contribution < 1.29 is 9.53 Å².